The molecule has 4 heterocycles. The summed E-state index contributed by atoms with van der Waals surface area (Å²) in [6.45, 7) is 20.2. The Labute approximate surface area is 521 Å². The van der Waals surface area contributed by atoms with Crippen molar-refractivity contribution in [1.82, 2.24) is 18.7 Å². The molecule has 0 bridgehead atoms. The van der Waals surface area contributed by atoms with E-state index in [4.69, 9.17) is 0 Å². The zero-order valence-corrected chi connectivity index (χ0v) is 55.4. The largest absolute Gasteiger partial charge is 0.358 e. The number of aromatic amines is 1. The highest BCUT2D eigenvalue weighted by atomic mass is 15.2. The highest BCUT2D eigenvalue weighted by Gasteiger charge is 2.50. The summed E-state index contributed by atoms with van der Waals surface area (Å²) in [6.07, 6.45) is 42.0. The first-order valence-electron chi connectivity index (χ1n) is 36.8. The number of aromatic nitrogens is 4. The Balaban J connectivity index is 1.16. The molecule has 10 unspecified atom stereocenters. The Morgan fingerprint density at radius 1 is 0.395 bits per heavy atom. The Hall–Kier alpha value is -4.96. The number of hydrogen-bond acceptors (Lipinski definition) is 0. The molecule has 4 aliphatic carbocycles. The van der Waals surface area contributed by atoms with Crippen molar-refractivity contribution in [3.63, 3.8) is 0 Å². The maximum atomic E-state index is 4.55. The van der Waals surface area contributed by atoms with Gasteiger partial charge in [-0.2, -0.15) is 0 Å². The molecule has 0 saturated heterocycles. The average molecular weight is 1160 g/mol. The molecule has 1 N–H and O–H groups in total. The molecule has 462 valence electrons. The molecule has 12 rings (SSSR count). The summed E-state index contributed by atoms with van der Waals surface area (Å²) < 4.78 is 9.24. The van der Waals surface area contributed by atoms with Crippen LogP contribution in [0.15, 0.2) is 91.0 Å². The van der Waals surface area contributed by atoms with Gasteiger partial charge >= 0.3 is 0 Å². The van der Waals surface area contributed by atoms with Crippen molar-refractivity contribution in [3.05, 3.63) is 136 Å². The number of fused-ring (bicyclic) bond motifs is 12. The van der Waals surface area contributed by atoms with Gasteiger partial charge in [0.15, 0.2) is 0 Å². The number of nitrogens with one attached hydrogen (secondary N) is 1. The van der Waals surface area contributed by atoms with E-state index >= 15 is 0 Å². The average Bonchev–Trinajstić information content (AvgIpc) is 1.53. The first-order chi connectivity index (χ1) is 42.3. The van der Waals surface area contributed by atoms with E-state index in [2.05, 4.69) is 165 Å². The SMILES string of the molecule is CCCCCCCCCC1c2[nH]c3cccc(-n4c5c(c6ccccc64)CCC(C)C5CCCCCC)c3c2C(n2c3c(c4ccccc42)CCC(C)C3CCCCCCC)C(n2c3c(c4ccccc42)CCC(C)C3CCCCCCCC)C1C. The molecule has 0 aliphatic heterocycles. The first-order valence-corrected chi connectivity index (χ1v) is 36.8. The molecule has 4 nitrogen and oxygen atoms in total. The van der Waals surface area contributed by atoms with Crippen LogP contribution in [-0.4, -0.2) is 18.7 Å². The number of hydrogen-bond donors (Lipinski definition) is 1. The number of rotatable bonds is 29. The van der Waals surface area contributed by atoms with Crippen LogP contribution in [0.1, 0.15) is 322 Å². The highest BCUT2D eigenvalue weighted by Crippen LogP contribution is 2.60. The molecular weight excluding hydrogens is 1040 g/mol. The van der Waals surface area contributed by atoms with Crippen LogP contribution >= 0.6 is 0 Å². The standard InChI is InChI=1S/C82H114N4/c1-9-13-17-21-23-26-30-41-63-59(8)78(85-72-47-35-32-43-65(72)68-54-51-57(6)61(80(68)85)40-29-25-22-18-14-10-2)82(86-73-48-36-33-44-66(73)69-55-52-58(7)62(81(69)86)39-28-24-19-15-11-3)76-75-70(83-77(63)76)45-37-49-74(75)84-71-46-34-31-42-64(71)67-53-50-56(5)60(79(67)84)38-27-20-16-12-4/h31-37,42-49,56-63,78,82-83H,9-30,38-41,50-55H2,1-8H3. The van der Waals surface area contributed by atoms with Gasteiger partial charge in [0.25, 0.3) is 0 Å². The van der Waals surface area contributed by atoms with Gasteiger partial charge in [0.2, 0.25) is 0 Å². The summed E-state index contributed by atoms with van der Waals surface area (Å²) in [5.74, 6) is 4.32. The first kappa shape index (κ1) is 61.3. The number of nitrogens with zero attached hydrogens (tertiary/aromatic N) is 3. The van der Waals surface area contributed by atoms with Gasteiger partial charge in [-0.25, -0.2) is 0 Å². The van der Waals surface area contributed by atoms with Crippen LogP contribution in [0, 0.1) is 23.7 Å². The monoisotopic (exact) mass is 1150 g/mol. The Bertz CT molecular complexity index is 3500. The molecule has 0 spiro atoms. The molecule has 0 amide bonds. The zero-order valence-electron chi connectivity index (χ0n) is 55.4. The zero-order chi connectivity index (χ0) is 59.3. The van der Waals surface area contributed by atoms with Crippen LogP contribution in [0.3, 0.4) is 0 Å². The normalized spacial score (nSPS) is 23.8. The number of H-pyrrole nitrogens is 1. The molecule has 10 atom stereocenters. The van der Waals surface area contributed by atoms with E-state index in [1.807, 2.05) is 0 Å². The lowest BCUT2D eigenvalue weighted by Crippen LogP contribution is -2.39. The molecule has 4 heteroatoms. The lowest BCUT2D eigenvalue weighted by atomic mass is 9.69. The summed E-state index contributed by atoms with van der Waals surface area (Å²) in [4.78, 5) is 4.55. The van der Waals surface area contributed by atoms with E-state index in [9.17, 15) is 0 Å². The summed E-state index contributed by atoms with van der Waals surface area (Å²) in [7, 11) is 0. The summed E-state index contributed by atoms with van der Waals surface area (Å²) >= 11 is 0. The molecule has 8 aromatic rings. The minimum Gasteiger partial charge on any atom is -0.358 e. The molecule has 86 heavy (non-hydrogen) atoms. The second-order valence-corrected chi connectivity index (χ2v) is 29.2. The van der Waals surface area contributed by atoms with E-state index in [1.54, 1.807) is 50.4 Å². The van der Waals surface area contributed by atoms with Crippen molar-refractivity contribution in [2.45, 2.75) is 297 Å². The van der Waals surface area contributed by atoms with Gasteiger partial charge < -0.3 is 18.7 Å². The number of aryl methyl sites for hydroxylation is 3. The van der Waals surface area contributed by atoms with Crippen LogP contribution in [0.25, 0.3) is 49.3 Å². The fraction of sp³-hybridized carbons (Fsp3) is 0.610. The van der Waals surface area contributed by atoms with Crippen LogP contribution in [0.2, 0.25) is 0 Å². The minimum absolute atomic E-state index is 0.0787. The lowest BCUT2D eigenvalue weighted by Gasteiger charge is -2.47. The lowest BCUT2D eigenvalue weighted by molar-refractivity contribution is 0.197. The van der Waals surface area contributed by atoms with Crippen molar-refractivity contribution < 1.29 is 0 Å². The van der Waals surface area contributed by atoms with Crippen molar-refractivity contribution in [2.75, 3.05) is 0 Å². The Morgan fingerprint density at radius 2 is 0.791 bits per heavy atom. The molecular formula is C82H114N4. The van der Waals surface area contributed by atoms with E-state index in [0.717, 1.165) is 0 Å². The van der Waals surface area contributed by atoms with E-state index in [0.29, 0.717) is 47.3 Å². The van der Waals surface area contributed by atoms with E-state index < -0.39 is 0 Å². The maximum Gasteiger partial charge on any atom is 0.0823 e. The van der Waals surface area contributed by atoms with Gasteiger partial charge in [0, 0.05) is 90.1 Å². The second kappa shape index (κ2) is 28.3. The smallest absolute Gasteiger partial charge is 0.0823 e. The summed E-state index contributed by atoms with van der Waals surface area (Å²) in [6, 6.07) is 37.4. The van der Waals surface area contributed by atoms with Gasteiger partial charge in [0.05, 0.1) is 23.3 Å². The fourth-order valence-corrected chi connectivity index (χ4v) is 19.0. The van der Waals surface area contributed by atoms with Gasteiger partial charge in [0.1, 0.15) is 0 Å². The predicted octanol–water partition coefficient (Wildman–Crippen LogP) is 24.8. The van der Waals surface area contributed by atoms with E-state index in [1.165, 1.54) is 249 Å². The second-order valence-electron chi connectivity index (χ2n) is 29.2. The third kappa shape index (κ3) is 11.7. The van der Waals surface area contributed by atoms with Gasteiger partial charge in [-0.15, -0.1) is 0 Å². The minimum atomic E-state index is 0.0787. The van der Waals surface area contributed by atoms with Crippen molar-refractivity contribution in [1.29, 1.82) is 0 Å². The molecule has 0 fully saturated rings. The van der Waals surface area contributed by atoms with Crippen LogP contribution in [-0.2, 0) is 19.3 Å². The number of para-hydroxylation sites is 3. The molecule has 0 radical (unpaired) electrons. The van der Waals surface area contributed by atoms with Gasteiger partial charge in [-0.05, 0) is 135 Å². The van der Waals surface area contributed by atoms with Crippen LogP contribution < -0.4 is 0 Å². The van der Waals surface area contributed by atoms with Crippen molar-refractivity contribution in [2.24, 2.45) is 23.7 Å². The summed E-state index contributed by atoms with van der Waals surface area (Å²) in [5, 5.41) is 6.08. The topological polar surface area (TPSA) is 30.6 Å². The van der Waals surface area contributed by atoms with Crippen molar-refractivity contribution in [3.8, 4) is 5.69 Å². The van der Waals surface area contributed by atoms with E-state index in [-0.39, 0.29) is 12.1 Å². The highest BCUT2D eigenvalue weighted by molar-refractivity contribution is 5.98. The van der Waals surface area contributed by atoms with Crippen LogP contribution in [0.5, 0.6) is 0 Å². The summed E-state index contributed by atoms with van der Waals surface area (Å²) in [5.41, 5.74) is 20.5. The molecule has 4 aliphatic rings. The maximum absolute atomic E-state index is 4.55. The quantitative estimate of drug-likeness (QED) is 0.0453. The van der Waals surface area contributed by atoms with Crippen molar-refractivity contribution >= 4 is 43.6 Å². The Morgan fingerprint density at radius 3 is 1.30 bits per heavy atom. The number of benzene rings is 4. The molecule has 4 aromatic carbocycles. The molecule has 0 saturated carbocycles. The van der Waals surface area contributed by atoms with Crippen LogP contribution in [0.4, 0.5) is 0 Å². The van der Waals surface area contributed by atoms with Gasteiger partial charge in [-0.3, -0.25) is 0 Å². The Kier molecular flexibility index (Phi) is 20.1. The third-order valence-electron chi connectivity index (χ3n) is 23.6. The third-order valence-corrected chi connectivity index (χ3v) is 23.6. The predicted molar refractivity (Wildman–Crippen MR) is 372 cm³/mol. The fourth-order valence-electron chi connectivity index (χ4n) is 19.0. The van der Waals surface area contributed by atoms with Gasteiger partial charge in [-0.1, -0.05) is 257 Å². The molecule has 4 aromatic heterocycles. The number of unbranched alkanes of at least 4 members (excludes halogenated alkanes) is 18.